The van der Waals surface area contributed by atoms with Crippen LogP contribution in [0.3, 0.4) is 0 Å². The second kappa shape index (κ2) is 11.2. The topological polar surface area (TPSA) is 127 Å². The van der Waals surface area contributed by atoms with Crippen LogP contribution in [0.1, 0.15) is 29.3 Å². The fourth-order valence-corrected chi connectivity index (χ4v) is 5.44. The number of fused-ring (bicyclic) bond motifs is 1. The van der Waals surface area contributed by atoms with Gasteiger partial charge in [-0.2, -0.15) is 0 Å². The highest BCUT2D eigenvalue weighted by atomic mass is 16.6. The number of ether oxygens (including phenoxy) is 4. The summed E-state index contributed by atoms with van der Waals surface area (Å²) < 4.78 is 25.9. The van der Waals surface area contributed by atoms with Crippen molar-refractivity contribution in [2.45, 2.75) is 30.5 Å². The summed E-state index contributed by atoms with van der Waals surface area (Å²) in [6.07, 6.45) is 1.39. The van der Waals surface area contributed by atoms with Crippen LogP contribution in [0, 0.1) is 0 Å². The van der Waals surface area contributed by atoms with Gasteiger partial charge in [-0.05, 0) is 41.0 Å². The normalized spacial score (nSPS) is 19.0. The summed E-state index contributed by atoms with van der Waals surface area (Å²) in [7, 11) is 3.28. The Hall–Kier alpha value is -4.51. The fourth-order valence-electron chi connectivity index (χ4n) is 5.44. The Balaban J connectivity index is 1.36. The first-order valence-electron chi connectivity index (χ1n) is 13.3. The summed E-state index contributed by atoms with van der Waals surface area (Å²) >= 11 is 0. The average Bonchev–Trinajstić information content (AvgIpc) is 3.62. The molecule has 0 saturated carbocycles. The molecule has 2 aromatic heterocycles. The average molecular weight is 554 g/mol. The molecule has 0 aliphatic carbocycles. The van der Waals surface area contributed by atoms with E-state index in [-0.39, 0.29) is 12.4 Å². The van der Waals surface area contributed by atoms with Crippen LogP contribution in [0.2, 0.25) is 0 Å². The molecular formula is C31H31N5O5. The number of aliphatic hydroxyl groups excluding tert-OH is 1. The minimum atomic E-state index is -0.990. The summed E-state index contributed by atoms with van der Waals surface area (Å²) in [5, 5.41) is 11.0. The molecule has 0 bridgehead atoms. The van der Waals surface area contributed by atoms with Crippen LogP contribution < -0.4 is 15.2 Å². The SMILES string of the molecule is COc1ccc(C(OCC2CC(O)C(n3cnc4c(N)ncnc43)O2)(c2ccccc2)c2ccc(OC)cc2)cc1. The van der Waals surface area contributed by atoms with Crippen molar-refractivity contribution in [3.63, 3.8) is 0 Å². The molecule has 3 atom stereocenters. The summed E-state index contributed by atoms with van der Waals surface area (Å²) in [5.74, 6) is 1.76. The molecule has 210 valence electrons. The Bertz CT molecular complexity index is 1560. The predicted octanol–water partition coefficient (Wildman–Crippen LogP) is 4.08. The lowest BCUT2D eigenvalue weighted by atomic mass is 9.80. The Morgan fingerprint density at radius 2 is 1.49 bits per heavy atom. The number of nitrogen functional groups attached to an aromatic ring is 1. The zero-order valence-electron chi connectivity index (χ0n) is 22.8. The van der Waals surface area contributed by atoms with Crippen molar-refractivity contribution in [3.8, 4) is 11.5 Å². The second-order valence-electron chi connectivity index (χ2n) is 9.85. The van der Waals surface area contributed by atoms with Crippen molar-refractivity contribution in [1.82, 2.24) is 19.5 Å². The molecule has 3 N–H and O–H groups in total. The molecule has 6 rings (SSSR count). The number of aromatic nitrogens is 4. The molecule has 41 heavy (non-hydrogen) atoms. The van der Waals surface area contributed by atoms with E-state index in [4.69, 9.17) is 24.7 Å². The number of nitrogens with two attached hydrogens (primary N) is 1. The standard InChI is InChI=1S/C31H31N5O5/c1-38-23-12-8-21(9-13-23)31(20-6-4-3-5-7-20,22-10-14-24(39-2)15-11-22)40-17-25-16-26(37)30(41-25)36-19-35-27-28(32)33-18-34-29(27)36/h3-15,18-19,25-26,30,37H,16-17H2,1-2H3,(H2,32,33,34). The largest absolute Gasteiger partial charge is 0.497 e. The molecule has 1 fully saturated rings. The van der Waals surface area contributed by atoms with Crippen LogP contribution in [0.25, 0.3) is 11.2 Å². The number of nitrogens with zero attached hydrogens (tertiary/aromatic N) is 4. The van der Waals surface area contributed by atoms with E-state index in [9.17, 15) is 5.11 Å². The minimum absolute atomic E-state index is 0.199. The van der Waals surface area contributed by atoms with Crippen LogP contribution in [0.4, 0.5) is 5.82 Å². The smallest absolute Gasteiger partial charge is 0.167 e. The van der Waals surface area contributed by atoms with Gasteiger partial charge in [0.25, 0.3) is 0 Å². The van der Waals surface area contributed by atoms with Crippen LogP contribution in [-0.2, 0) is 15.1 Å². The highest BCUT2D eigenvalue weighted by Crippen LogP contribution is 2.43. The molecule has 3 heterocycles. The van der Waals surface area contributed by atoms with Crippen molar-refractivity contribution < 1.29 is 24.1 Å². The predicted molar refractivity (Wildman–Crippen MR) is 153 cm³/mol. The van der Waals surface area contributed by atoms with Crippen molar-refractivity contribution in [2.75, 3.05) is 26.6 Å². The van der Waals surface area contributed by atoms with Crippen molar-refractivity contribution in [1.29, 1.82) is 0 Å². The molecule has 3 unspecified atom stereocenters. The highest BCUT2D eigenvalue weighted by Gasteiger charge is 2.42. The maximum atomic E-state index is 11.0. The number of benzene rings is 3. The van der Waals surface area contributed by atoms with Gasteiger partial charge in [-0.15, -0.1) is 0 Å². The molecule has 1 aliphatic heterocycles. The number of aliphatic hydroxyl groups is 1. The third-order valence-corrected chi connectivity index (χ3v) is 7.49. The van der Waals surface area contributed by atoms with Gasteiger partial charge in [0.15, 0.2) is 17.7 Å². The molecule has 1 saturated heterocycles. The Morgan fingerprint density at radius 1 is 0.878 bits per heavy atom. The Labute approximate surface area is 237 Å². The number of rotatable bonds is 9. The van der Waals surface area contributed by atoms with E-state index in [2.05, 4.69) is 15.0 Å². The van der Waals surface area contributed by atoms with E-state index in [0.29, 0.717) is 17.6 Å². The van der Waals surface area contributed by atoms with Crippen LogP contribution >= 0.6 is 0 Å². The summed E-state index contributed by atoms with van der Waals surface area (Å²) in [5.41, 5.74) is 8.70. The fraction of sp³-hybridized carbons (Fsp3) is 0.258. The summed E-state index contributed by atoms with van der Waals surface area (Å²) in [6, 6.07) is 25.7. The zero-order valence-corrected chi connectivity index (χ0v) is 22.8. The van der Waals surface area contributed by atoms with E-state index < -0.39 is 24.0 Å². The van der Waals surface area contributed by atoms with Crippen LogP contribution in [-0.4, -0.2) is 57.7 Å². The summed E-state index contributed by atoms with van der Waals surface area (Å²) in [6.45, 7) is 0.199. The minimum Gasteiger partial charge on any atom is -0.497 e. The lowest BCUT2D eigenvalue weighted by Gasteiger charge is -2.37. The molecule has 10 heteroatoms. The number of anilines is 1. The van der Waals surface area contributed by atoms with Gasteiger partial charge < -0.3 is 29.8 Å². The lowest BCUT2D eigenvalue weighted by molar-refractivity contribution is -0.0851. The quantitative estimate of drug-likeness (QED) is 0.260. The lowest BCUT2D eigenvalue weighted by Crippen LogP contribution is -2.35. The van der Waals surface area contributed by atoms with Crippen LogP contribution in [0.5, 0.6) is 11.5 Å². The van der Waals surface area contributed by atoms with Gasteiger partial charge in [-0.25, -0.2) is 15.0 Å². The summed E-state index contributed by atoms with van der Waals surface area (Å²) in [4.78, 5) is 12.6. The third-order valence-electron chi connectivity index (χ3n) is 7.49. The molecule has 0 amide bonds. The van der Waals surface area contributed by atoms with Gasteiger partial charge in [0.1, 0.15) is 35.0 Å². The van der Waals surface area contributed by atoms with E-state index in [1.165, 1.54) is 6.33 Å². The van der Waals surface area contributed by atoms with E-state index >= 15 is 0 Å². The van der Waals surface area contributed by atoms with Gasteiger partial charge in [0, 0.05) is 6.42 Å². The van der Waals surface area contributed by atoms with E-state index in [0.717, 1.165) is 28.2 Å². The number of hydrogen-bond acceptors (Lipinski definition) is 9. The molecule has 0 radical (unpaired) electrons. The molecule has 5 aromatic rings. The first kappa shape index (κ1) is 26.7. The van der Waals surface area contributed by atoms with Gasteiger partial charge in [-0.3, -0.25) is 4.57 Å². The van der Waals surface area contributed by atoms with Gasteiger partial charge >= 0.3 is 0 Å². The number of hydrogen-bond donors (Lipinski definition) is 2. The molecule has 10 nitrogen and oxygen atoms in total. The Morgan fingerprint density at radius 3 is 2.10 bits per heavy atom. The first-order chi connectivity index (χ1) is 20.0. The van der Waals surface area contributed by atoms with Crippen molar-refractivity contribution in [2.24, 2.45) is 0 Å². The van der Waals surface area contributed by atoms with Crippen molar-refractivity contribution in [3.05, 3.63) is 108 Å². The molecule has 3 aromatic carbocycles. The van der Waals surface area contributed by atoms with E-state index in [1.807, 2.05) is 78.9 Å². The van der Waals surface area contributed by atoms with Crippen LogP contribution in [0.15, 0.2) is 91.5 Å². The van der Waals surface area contributed by atoms with Crippen molar-refractivity contribution >= 4 is 17.0 Å². The maximum absolute atomic E-state index is 11.0. The van der Waals surface area contributed by atoms with Gasteiger partial charge in [0.05, 0.1) is 33.3 Å². The van der Waals surface area contributed by atoms with Gasteiger partial charge in [-0.1, -0.05) is 54.6 Å². The monoisotopic (exact) mass is 553 g/mol. The number of methoxy groups -OCH3 is 2. The molecule has 1 aliphatic rings. The maximum Gasteiger partial charge on any atom is 0.167 e. The molecule has 0 spiro atoms. The third kappa shape index (κ3) is 4.86. The van der Waals surface area contributed by atoms with E-state index in [1.54, 1.807) is 25.1 Å². The number of imidazole rings is 1. The molecular weight excluding hydrogens is 522 g/mol. The highest BCUT2D eigenvalue weighted by molar-refractivity contribution is 5.81. The first-order valence-corrected chi connectivity index (χ1v) is 13.3. The van der Waals surface area contributed by atoms with Gasteiger partial charge in [0.2, 0.25) is 0 Å². The second-order valence-corrected chi connectivity index (χ2v) is 9.85. The zero-order chi connectivity index (χ0) is 28.4. The Kier molecular flexibility index (Phi) is 7.27.